The molecule has 0 atom stereocenters. The van der Waals surface area contributed by atoms with Crippen LogP contribution < -0.4 is 5.32 Å². The first kappa shape index (κ1) is 15.6. The molecule has 0 fully saturated rings. The van der Waals surface area contributed by atoms with E-state index in [9.17, 15) is 4.79 Å². The zero-order chi connectivity index (χ0) is 14.9. The highest BCUT2D eigenvalue weighted by molar-refractivity contribution is 7.99. The van der Waals surface area contributed by atoms with Gasteiger partial charge < -0.3 is 10.3 Å². The Hall–Kier alpha value is -1.75. The Bertz CT molecular complexity index is 537. The fourth-order valence-electron chi connectivity index (χ4n) is 1.90. The Balaban J connectivity index is 1.54. The van der Waals surface area contributed by atoms with Gasteiger partial charge in [0.25, 0.3) is 0 Å². The van der Waals surface area contributed by atoms with Crippen LogP contribution in [0.4, 0.5) is 0 Å². The molecule has 1 amide bonds. The summed E-state index contributed by atoms with van der Waals surface area (Å²) in [7, 11) is 0. The van der Waals surface area contributed by atoms with Gasteiger partial charge in [-0.3, -0.25) is 4.79 Å². The van der Waals surface area contributed by atoms with Crippen molar-refractivity contribution in [3.05, 3.63) is 48.0 Å². The summed E-state index contributed by atoms with van der Waals surface area (Å²) >= 11 is 1.72. The monoisotopic (exact) mass is 303 g/mol. The topological polar surface area (TPSA) is 57.8 Å². The first-order chi connectivity index (χ1) is 10.2. The van der Waals surface area contributed by atoms with Crippen molar-refractivity contribution in [1.82, 2.24) is 15.3 Å². The Morgan fingerprint density at radius 1 is 1.33 bits per heavy atom. The number of nitrogens with one attached hydrogen (secondary N) is 2. The van der Waals surface area contributed by atoms with Gasteiger partial charge in [0.05, 0.1) is 0 Å². The lowest BCUT2D eigenvalue weighted by molar-refractivity contribution is -0.120. The number of aromatic amines is 1. The lowest BCUT2D eigenvalue weighted by Gasteiger charge is -2.05. The van der Waals surface area contributed by atoms with Crippen LogP contribution in [-0.2, 0) is 11.2 Å². The average Bonchev–Trinajstić information content (AvgIpc) is 2.99. The van der Waals surface area contributed by atoms with E-state index in [1.807, 2.05) is 6.20 Å². The van der Waals surface area contributed by atoms with Crippen molar-refractivity contribution in [2.24, 2.45) is 0 Å². The zero-order valence-electron chi connectivity index (χ0n) is 12.3. The van der Waals surface area contributed by atoms with E-state index in [4.69, 9.17) is 0 Å². The molecule has 0 spiro atoms. The SMILES string of the molecule is Cc1ccc(SCCC(=O)NCCCc2ncc[nH]2)cc1. The number of hydrogen-bond acceptors (Lipinski definition) is 3. The molecule has 1 heterocycles. The summed E-state index contributed by atoms with van der Waals surface area (Å²) in [6.07, 6.45) is 5.89. The van der Waals surface area contributed by atoms with Crippen LogP contribution in [0.3, 0.4) is 0 Å². The molecule has 0 aliphatic carbocycles. The summed E-state index contributed by atoms with van der Waals surface area (Å²) in [6, 6.07) is 8.39. The van der Waals surface area contributed by atoms with Crippen molar-refractivity contribution in [3.8, 4) is 0 Å². The molecule has 2 N–H and O–H groups in total. The maximum atomic E-state index is 11.7. The second-order valence-corrected chi connectivity index (χ2v) is 6.07. The minimum absolute atomic E-state index is 0.119. The summed E-state index contributed by atoms with van der Waals surface area (Å²) in [5.41, 5.74) is 1.26. The molecule has 0 unspecified atom stereocenters. The van der Waals surface area contributed by atoms with Crippen molar-refractivity contribution in [2.45, 2.75) is 31.1 Å². The number of imidazole rings is 1. The van der Waals surface area contributed by atoms with Crippen LogP contribution in [0.2, 0.25) is 0 Å². The van der Waals surface area contributed by atoms with E-state index < -0.39 is 0 Å². The normalized spacial score (nSPS) is 10.5. The molecular weight excluding hydrogens is 282 g/mol. The van der Waals surface area contributed by atoms with Gasteiger partial charge in [0.1, 0.15) is 5.82 Å². The van der Waals surface area contributed by atoms with Gasteiger partial charge in [0.2, 0.25) is 5.91 Å². The summed E-state index contributed by atoms with van der Waals surface area (Å²) in [5, 5.41) is 2.95. The number of aromatic nitrogens is 2. The molecule has 1 aromatic carbocycles. The van der Waals surface area contributed by atoms with Crippen LogP contribution in [0, 0.1) is 6.92 Å². The quantitative estimate of drug-likeness (QED) is 0.582. The molecule has 2 rings (SSSR count). The number of aryl methyl sites for hydroxylation is 2. The molecule has 0 saturated carbocycles. The number of carbonyl (C=O) groups excluding carboxylic acids is 1. The van der Waals surface area contributed by atoms with Gasteiger partial charge >= 0.3 is 0 Å². The number of benzene rings is 1. The zero-order valence-corrected chi connectivity index (χ0v) is 13.1. The predicted octanol–water partition coefficient (Wildman–Crippen LogP) is 2.95. The number of amides is 1. The number of H-pyrrole nitrogens is 1. The van der Waals surface area contributed by atoms with Crippen molar-refractivity contribution in [3.63, 3.8) is 0 Å². The third kappa shape index (κ3) is 6.04. The van der Waals surface area contributed by atoms with E-state index >= 15 is 0 Å². The summed E-state index contributed by atoms with van der Waals surface area (Å²) < 4.78 is 0. The van der Waals surface area contributed by atoms with E-state index in [-0.39, 0.29) is 5.91 Å². The van der Waals surface area contributed by atoms with E-state index in [2.05, 4.69) is 46.5 Å². The molecule has 0 aliphatic rings. The Kier molecular flexibility index (Phi) is 6.34. The van der Waals surface area contributed by atoms with Gasteiger partial charge in [0, 0.05) is 42.4 Å². The highest BCUT2D eigenvalue weighted by Gasteiger charge is 2.02. The van der Waals surface area contributed by atoms with Gasteiger partial charge in [-0.1, -0.05) is 17.7 Å². The van der Waals surface area contributed by atoms with Crippen LogP contribution in [0.15, 0.2) is 41.6 Å². The second-order valence-electron chi connectivity index (χ2n) is 4.90. The second kappa shape index (κ2) is 8.52. The summed E-state index contributed by atoms with van der Waals surface area (Å²) in [6.45, 7) is 2.78. The predicted molar refractivity (Wildman–Crippen MR) is 86.4 cm³/mol. The van der Waals surface area contributed by atoms with Crippen molar-refractivity contribution < 1.29 is 4.79 Å². The molecule has 0 radical (unpaired) electrons. The van der Waals surface area contributed by atoms with Crippen molar-refractivity contribution in [2.75, 3.05) is 12.3 Å². The van der Waals surface area contributed by atoms with Crippen LogP contribution >= 0.6 is 11.8 Å². The lowest BCUT2D eigenvalue weighted by Crippen LogP contribution is -2.25. The first-order valence-corrected chi connectivity index (χ1v) is 8.17. The maximum absolute atomic E-state index is 11.7. The molecule has 21 heavy (non-hydrogen) atoms. The fourth-order valence-corrected chi connectivity index (χ4v) is 2.75. The highest BCUT2D eigenvalue weighted by Crippen LogP contribution is 2.18. The van der Waals surface area contributed by atoms with Crippen LogP contribution in [0.1, 0.15) is 24.2 Å². The van der Waals surface area contributed by atoms with Crippen molar-refractivity contribution >= 4 is 17.7 Å². The van der Waals surface area contributed by atoms with Crippen LogP contribution in [-0.4, -0.2) is 28.2 Å². The van der Waals surface area contributed by atoms with Crippen molar-refractivity contribution in [1.29, 1.82) is 0 Å². The van der Waals surface area contributed by atoms with Crippen LogP contribution in [0.25, 0.3) is 0 Å². The average molecular weight is 303 g/mol. The molecule has 0 saturated heterocycles. The standard InChI is InChI=1S/C16H21N3OS/c1-13-4-6-14(7-5-13)21-12-8-16(20)19-9-2-3-15-17-10-11-18-15/h4-7,10-11H,2-3,8-9,12H2,1H3,(H,17,18)(H,19,20). The first-order valence-electron chi connectivity index (χ1n) is 7.18. The lowest BCUT2D eigenvalue weighted by atomic mass is 10.2. The van der Waals surface area contributed by atoms with E-state index in [1.54, 1.807) is 18.0 Å². The Morgan fingerprint density at radius 3 is 2.86 bits per heavy atom. The van der Waals surface area contributed by atoms with E-state index in [0.717, 1.165) is 24.4 Å². The Labute approximate surface area is 129 Å². The molecule has 112 valence electrons. The van der Waals surface area contributed by atoms with Gasteiger partial charge in [-0.25, -0.2) is 4.98 Å². The van der Waals surface area contributed by atoms with E-state index in [0.29, 0.717) is 13.0 Å². The fraction of sp³-hybridized carbons (Fsp3) is 0.375. The maximum Gasteiger partial charge on any atom is 0.220 e. The number of carbonyl (C=O) groups is 1. The van der Waals surface area contributed by atoms with Gasteiger partial charge in [0.15, 0.2) is 0 Å². The molecule has 5 heteroatoms. The minimum Gasteiger partial charge on any atom is -0.356 e. The number of hydrogen-bond donors (Lipinski definition) is 2. The van der Waals surface area contributed by atoms with Crippen LogP contribution in [0.5, 0.6) is 0 Å². The summed E-state index contributed by atoms with van der Waals surface area (Å²) in [5.74, 6) is 1.90. The van der Waals surface area contributed by atoms with Gasteiger partial charge in [-0.15, -0.1) is 11.8 Å². The largest absolute Gasteiger partial charge is 0.356 e. The molecule has 2 aromatic rings. The van der Waals surface area contributed by atoms with E-state index in [1.165, 1.54) is 10.5 Å². The third-order valence-electron chi connectivity index (χ3n) is 3.09. The Morgan fingerprint density at radius 2 is 2.14 bits per heavy atom. The number of nitrogens with zero attached hydrogens (tertiary/aromatic N) is 1. The van der Waals surface area contributed by atoms with Gasteiger partial charge in [-0.05, 0) is 25.5 Å². The third-order valence-corrected chi connectivity index (χ3v) is 4.10. The molecule has 0 aliphatic heterocycles. The number of thioether (sulfide) groups is 1. The molecule has 4 nitrogen and oxygen atoms in total. The molecular formula is C16H21N3OS. The number of rotatable bonds is 8. The highest BCUT2D eigenvalue weighted by atomic mass is 32.2. The smallest absolute Gasteiger partial charge is 0.220 e. The van der Waals surface area contributed by atoms with Gasteiger partial charge in [-0.2, -0.15) is 0 Å². The minimum atomic E-state index is 0.119. The summed E-state index contributed by atoms with van der Waals surface area (Å²) in [4.78, 5) is 20.1. The molecule has 0 bridgehead atoms. The molecule has 1 aromatic heterocycles.